The fourth-order valence-electron chi connectivity index (χ4n) is 4.98. The van der Waals surface area contributed by atoms with E-state index in [1.807, 2.05) is 68.6 Å². The SMILES string of the molecule is Cc1ncnc2c1ncn2[C@@H]1O[C@H](CN(C)CCCCC(=O)Cc2ccc(Oc3ccccc3)cc2)[C@@H](O)[C@H]1O. The molecule has 0 saturated carbocycles. The van der Waals surface area contributed by atoms with Gasteiger partial charge in [0.2, 0.25) is 0 Å². The van der Waals surface area contributed by atoms with Gasteiger partial charge in [-0.2, -0.15) is 0 Å². The van der Waals surface area contributed by atoms with Crippen molar-refractivity contribution in [2.45, 2.75) is 57.1 Å². The van der Waals surface area contributed by atoms with Gasteiger partial charge in [0.15, 0.2) is 11.9 Å². The van der Waals surface area contributed by atoms with E-state index < -0.39 is 24.5 Å². The molecule has 4 atom stereocenters. The minimum Gasteiger partial charge on any atom is -0.457 e. The second kappa shape index (κ2) is 12.6. The summed E-state index contributed by atoms with van der Waals surface area (Å²) in [5.41, 5.74) is 2.89. The molecule has 1 fully saturated rings. The number of aliphatic hydroxyl groups is 2. The molecule has 210 valence electrons. The van der Waals surface area contributed by atoms with Crippen molar-refractivity contribution in [3.8, 4) is 11.5 Å². The zero-order valence-electron chi connectivity index (χ0n) is 22.8. The molecule has 0 bridgehead atoms. The Morgan fingerprint density at radius 3 is 2.52 bits per heavy atom. The molecule has 0 radical (unpaired) electrons. The number of ketones is 1. The van der Waals surface area contributed by atoms with Crippen molar-refractivity contribution in [1.29, 1.82) is 0 Å². The monoisotopic (exact) mass is 545 g/mol. The van der Waals surface area contributed by atoms with Crippen LogP contribution in [-0.2, 0) is 16.0 Å². The second-order valence-corrected chi connectivity index (χ2v) is 10.3. The maximum atomic E-state index is 12.5. The van der Waals surface area contributed by atoms with E-state index in [-0.39, 0.29) is 5.78 Å². The van der Waals surface area contributed by atoms with Gasteiger partial charge in [0, 0.05) is 19.4 Å². The smallest absolute Gasteiger partial charge is 0.165 e. The van der Waals surface area contributed by atoms with Gasteiger partial charge in [-0.15, -0.1) is 0 Å². The largest absolute Gasteiger partial charge is 0.457 e. The van der Waals surface area contributed by atoms with E-state index in [1.165, 1.54) is 6.33 Å². The maximum Gasteiger partial charge on any atom is 0.165 e. The van der Waals surface area contributed by atoms with Gasteiger partial charge in [-0.3, -0.25) is 9.36 Å². The fraction of sp³-hybridized carbons (Fsp3) is 0.400. The van der Waals surface area contributed by atoms with Gasteiger partial charge in [-0.05, 0) is 63.2 Å². The molecule has 2 N–H and O–H groups in total. The van der Waals surface area contributed by atoms with Crippen LogP contribution in [0.5, 0.6) is 11.5 Å². The fourth-order valence-corrected chi connectivity index (χ4v) is 4.98. The minimum atomic E-state index is -1.11. The summed E-state index contributed by atoms with van der Waals surface area (Å²) in [6, 6.07) is 17.2. The number of aromatic nitrogens is 4. The molecule has 2 aromatic heterocycles. The van der Waals surface area contributed by atoms with Crippen molar-refractivity contribution in [2.75, 3.05) is 20.1 Å². The van der Waals surface area contributed by atoms with Crippen molar-refractivity contribution < 1.29 is 24.5 Å². The molecule has 2 aromatic carbocycles. The first-order valence-electron chi connectivity index (χ1n) is 13.6. The van der Waals surface area contributed by atoms with E-state index in [4.69, 9.17) is 9.47 Å². The van der Waals surface area contributed by atoms with E-state index in [0.29, 0.717) is 30.6 Å². The molecule has 10 heteroatoms. The highest BCUT2D eigenvalue weighted by Gasteiger charge is 2.44. The number of hydrogen-bond donors (Lipinski definition) is 2. The van der Waals surface area contributed by atoms with Gasteiger partial charge in [0.25, 0.3) is 0 Å². The number of carbonyl (C=O) groups is 1. The topological polar surface area (TPSA) is 123 Å². The second-order valence-electron chi connectivity index (χ2n) is 10.3. The number of nitrogens with zero attached hydrogens (tertiary/aromatic N) is 5. The average Bonchev–Trinajstić information content (AvgIpc) is 3.50. The molecule has 1 aliphatic heterocycles. The molecule has 0 spiro atoms. The van der Waals surface area contributed by atoms with Gasteiger partial charge in [-0.1, -0.05) is 30.3 Å². The average molecular weight is 546 g/mol. The predicted octanol–water partition coefficient (Wildman–Crippen LogP) is 3.46. The van der Waals surface area contributed by atoms with Crippen molar-refractivity contribution in [2.24, 2.45) is 0 Å². The number of aryl methyl sites for hydroxylation is 1. The first kappa shape index (κ1) is 27.9. The van der Waals surface area contributed by atoms with Gasteiger partial charge in [0.1, 0.15) is 47.4 Å². The Morgan fingerprint density at radius 1 is 1.00 bits per heavy atom. The lowest BCUT2D eigenvalue weighted by atomic mass is 10.0. The molecule has 0 aliphatic carbocycles. The normalized spacial score (nSPS) is 20.8. The summed E-state index contributed by atoms with van der Waals surface area (Å²) in [5, 5.41) is 21.3. The maximum absolute atomic E-state index is 12.5. The van der Waals surface area contributed by atoms with Crippen LogP contribution < -0.4 is 4.74 Å². The Hall–Kier alpha value is -3.70. The zero-order chi connectivity index (χ0) is 28.1. The van der Waals surface area contributed by atoms with E-state index in [2.05, 4.69) is 19.9 Å². The number of aliphatic hydroxyl groups excluding tert-OH is 2. The molecule has 3 heterocycles. The minimum absolute atomic E-state index is 0.200. The van der Waals surface area contributed by atoms with Gasteiger partial charge in [0.05, 0.1) is 12.0 Å². The number of para-hydroxylation sites is 1. The summed E-state index contributed by atoms with van der Waals surface area (Å²) in [5.74, 6) is 1.72. The Kier molecular flexibility index (Phi) is 8.81. The lowest BCUT2D eigenvalue weighted by Gasteiger charge is -2.22. The van der Waals surface area contributed by atoms with Gasteiger partial charge < -0.3 is 24.6 Å². The van der Waals surface area contributed by atoms with E-state index >= 15 is 0 Å². The third-order valence-electron chi connectivity index (χ3n) is 7.19. The zero-order valence-corrected chi connectivity index (χ0v) is 22.8. The number of imidazole rings is 1. The number of benzene rings is 2. The quantitative estimate of drug-likeness (QED) is 0.258. The number of rotatable bonds is 12. The Balaban J connectivity index is 1.03. The molecule has 40 heavy (non-hydrogen) atoms. The Labute approximate surface area is 233 Å². The molecule has 10 nitrogen and oxygen atoms in total. The lowest BCUT2D eigenvalue weighted by Crippen LogP contribution is -2.38. The number of carbonyl (C=O) groups excluding carboxylic acids is 1. The van der Waals surface area contributed by atoms with Crippen LogP contribution >= 0.6 is 0 Å². The van der Waals surface area contributed by atoms with Crippen LogP contribution in [0.3, 0.4) is 0 Å². The van der Waals surface area contributed by atoms with E-state index in [1.54, 1.807) is 10.9 Å². The van der Waals surface area contributed by atoms with E-state index in [0.717, 1.165) is 42.1 Å². The summed E-state index contributed by atoms with van der Waals surface area (Å²) in [6.07, 6.45) is 2.02. The van der Waals surface area contributed by atoms with Gasteiger partial charge >= 0.3 is 0 Å². The van der Waals surface area contributed by atoms with Crippen LogP contribution in [-0.4, -0.2) is 78.9 Å². The number of Topliss-reactive ketones (excluding diaryl/α,β-unsaturated/α-hetero) is 1. The number of hydrogen-bond acceptors (Lipinski definition) is 9. The highest BCUT2D eigenvalue weighted by atomic mass is 16.6. The van der Waals surface area contributed by atoms with Crippen LogP contribution in [0.1, 0.15) is 36.7 Å². The molecule has 1 aliphatic rings. The van der Waals surface area contributed by atoms with Crippen molar-refractivity contribution in [3.63, 3.8) is 0 Å². The third kappa shape index (κ3) is 6.53. The molecule has 0 unspecified atom stereocenters. The number of fused-ring (bicyclic) bond motifs is 1. The molecule has 0 amide bonds. The van der Waals surface area contributed by atoms with Crippen molar-refractivity contribution in [3.05, 3.63) is 78.5 Å². The summed E-state index contributed by atoms with van der Waals surface area (Å²) in [4.78, 5) is 27.3. The molecule has 5 rings (SSSR count). The van der Waals surface area contributed by atoms with Crippen LogP contribution in [0, 0.1) is 6.92 Å². The van der Waals surface area contributed by atoms with E-state index in [9.17, 15) is 15.0 Å². The molecular formula is C30H35N5O5. The Bertz CT molecular complexity index is 1410. The highest BCUT2D eigenvalue weighted by molar-refractivity contribution is 5.80. The predicted molar refractivity (Wildman–Crippen MR) is 149 cm³/mol. The van der Waals surface area contributed by atoms with Crippen molar-refractivity contribution >= 4 is 16.9 Å². The lowest BCUT2D eigenvalue weighted by molar-refractivity contribution is -0.118. The summed E-state index contributed by atoms with van der Waals surface area (Å²) in [6.45, 7) is 3.03. The summed E-state index contributed by atoms with van der Waals surface area (Å²) >= 11 is 0. The molecule has 1 saturated heterocycles. The number of unbranched alkanes of at least 4 members (excludes halogenated alkanes) is 1. The van der Waals surface area contributed by atoms with Gasteiger partial charge in [-0.25, -0.2) is 15.0 Å². The standard InChI is InChI=1S/C30H35N5O5/c1-20-26-29(32-18-31-20)35(19-33-26)30-28(38)27(37)25(40-30)17-34(2)15-7-6-8-22(36)16-21-11-13-24(14-12-21)39-23-9-4-3-5-10-23/h3-5,9-14,18-19,25,27-28,30,37-38H,6-8,15-17H2,1-2H3/t25-,27-,28-,30-/m1/s1. The van der Waals surface area contributed by atoms with Crippen LogP contribution in [0.4, 0.5) is 0 Å². The first-order chi connectivity index (χ1) is 19.4. The summed E-state index contributed by atoms with van der Waals surface area (Å²) < 4.78 is 13.5. The third-order valence-corrected chi connectivity index (χ3v) is 7.19. The first-order valence-corrected chi connectivity index (χ1v) is 13.6. The summed E-state index contributed by atoms with van der Waals surface area (Å²) in [7, 11) is 1.94. The van der Waals surface area contributed by atoms with Crippen LogP contribution in [0.15, 0.2) is 67.3 Å². The Morgan fingerprint density at radius 2 is 1.75 bits per heavy atom. The van der Waals surface area contributed by atoms with Crippen molar-refractivity contribution in [1.82, 2.24) is 24.4 Å². The highest BCUT2D eigenvalue weighted by Crippen LogP contribution is 2.32. The van der Waals surface area contributed by atoms with Crippen LogP contribution in [0.25, 0.3) is 11.2 Å². The molecule has 4 aromatic rings. The van der Waals surface area contributed by atoms with Crippen LogP contribution in [0.2, 0.25) is 0 Å². The molecular weight excluding hydrogens is 510 g/mol. The number of ether oxygens (including phenoxy) is 2. The number of likely N-dealkylation sites (N-methyl/N-ethyl adjacent to an activating group) is 1.